The summed E-state index contributed by atoms with van der Waals surface area (Å²) < 4.78 is 7.01. The van der Waals surface area contributed by atoms with Crippen LogP contribution in [0.2, 0.25) is 5.02 Å². The van der Waals surface area contributed by atoms with Gasteiger partial charge in [0.05, 0.1) is 34.6 Å². The van der Waals surface area contributed by atoms with Gasteiger partial charge in [0.15, 0.2) is 0 Å². The van der Waals surface area contributed by atoms with Crippen molar-refractivity contribution in [2.75, 3.05) is 6.54 Å². The zero-order valence-electron chi connectivity index (χ0n) is 13.0. The molecule has 1 saturated heterocycles. The Hall–Kier alpha value is -2.71. The molecule has 1 aromatic carbocycles. The van der Waals surface area contributed by atoms with Crippen LogP contribution in [0, 0.1) is 0 Å². The molecule has 0 aliphatic carbocycles. The van der Waals surface area contributed by atoms with Gasteiger partial charge in [-0.15, -0.1) is 0 Å². The molecule has 1 amide bonds. The van der Waals surface area contributed by atoms with Crippen molar-refractivity contribution >= 4 is 17.5 Å². The maximum absolute atomic E-state index is 12.9. The van der Waals surface area contributed by atoms with Crippen LogP contribution in [0.25, 0.3) is 17.2 Å². The largest absolute Gasteiger partial charge is 0.338 e. The summed E-state index contributed by atoms with van der Waals surface area (Å²) in [5.74, 6) is 0.650. The zero-order valence-corrected chi connectivity index (χ0v) is 13.8. The van der Waals surface area contributed by atoms with Crippen molar-refractivity contribution in [3.8, 4) is 17.2 Å². The van der Waals surface area contributed by atoms with Crippen molar-refractivity contribution in [2.24, 2.45) is 5.73 Å². The highest BCUT2D eigenvalue weighted by atomic mass is 35.5. The van der Waals surface area contributed by atoms with Crippen LogP contribution in [0.1, 0.15) is 34.4 Å². The normalized spacial score (nSPS) is 18.2. The van der Waals surface area contributed by atoms with E-state index in [1.54, 1.807) is 17.3 Å². The molecule has 0 bridgehead atoms. The highest BCUT2D eigenvalue weighted by Crippen LogP contribution is 2.44. The third-order valence-electron chi connectivity index (χ3n) is 4.72. The number of hydrogen-bond acceptors (Lipinski definition) is 6. The number of amides is 1. The molecule has 126 valence electrons. The van der Waals surface area contributed by atoms with E-state index in [9.17, 15) is 4.79 Å². The first-order valence-corrected chi connectivity index (χ1v) is 8.27. The van der Waals surface area contributed by atoms with Gasteiger partial charge >= 0.3 is 0 Å². The maximum Gasteiger partial charge on any atom is 0.258 e. The highest BCUT2D eigenvalue weighted by molar-refractivity contribution is 6.34. The smallest absolute Gasteiger partial charge is 0.258 e. The number of carbonyl (C=O) groups is 1. The summed E-state index contributed by atoms with van der Waals surface area (Å²) in [5, 5.41) is 4.40. The Morgan fingerprint density at radius 3 is 3.00 bits per heavy atom. The first-order valence-electron chi connectivity index (χ1n) is 7.89. The fraction of sp³-hybridized carbons (Fsp3) is 0.250. The van der Waals surface area contributed by atoms with Crippen molar-refractivity contribution in [1.29, 1.82) is 0 Å². The second kappa shape index (κ2) is 5.14. The lowest BCUT2D eigenvalue weighted by Gasteiger charge is -2.39. The van der Waals surface area contributed by atoms with Gasteiger partial charge in [-0.2, -0.15) is 4.98 Å². The Morgan fingerprint density at radius 2 is 2.28 bits per heavy atom. The van der Waals surface area contributed by atoms with Crippen LogP contribution < -0.4 is 5.73 Å². The van der Waals surface area contributed by atoms with Crippen LogP contribution in [-0.4, -0.2) is 37.0 Å². The molecular weight excluding hydrogens is 344 g/mol. The number of aromatic nitrogens is 4. The predicted molar refractivity (Wildman–Crippen MR) is 88.2 cm³/mol. The molecule has 2 aliphatic rings. The standard InChI is InChI=1S/C16H13ClN6O2/c17-8-2-1-3-9-12(8)16(24)22-5-4-10(22)14-13(19-7-23(9)14)15-20-11(6-18)25-21-15/h1-3,7,10H,4-6,18H2. The van der Waals surface area contributed by atoms with Crippen LogP contribution in [0.5, 0.6) is 0 Å². The van der Waals surface area contributed by atoms with E-state index in [1.807, 2.05) is 16.7 Å². The first-order chi connectivity index (χ1) is 12.2. The van der Waals surface area contributed by atoms with Gasteiger partial charge in [-0.3, -0.25) is 9.36 Å². The predicted octanol–water partition coefficient (Wildman–Crippen LogP) is 1.94. The molecule has 0 radical (unpaired) electrons. The number of halogens is 1. The Bertz CT molecular complexity index is 1010. The summed E-state index contributed by atoms with van der Waals surface area (Å²) in [6.45, 7) is 0.842. The lowest BCUT2D eigenvalue weighted by atomic mass is 9.97. The fourth-order valence-electron chi connectivity index (χ4n) is 3.46. The number of hydrogen-bond donors (Lipinski definition) is 1. The topological polar surface area (TPSA) is 103 Å². The molecule has 1 fully saturated rings. The lowest BCUT2D eigenvalue weighted by Crippen LogP contribution is -2.44. The molecule has 1 atom stereocenters. The van der Waals surface area contributed by atoms with E-state index < -0.39 is 0 Å². The van der Waals surface area contributed by atoms with E-state index in [0.29, 0.717) is 40.2 Å². The molecule has 5 rings (SSSR count). The minimum atomic E-state index is -0.0895. The number of nitrogens with two attached hydrogens (primary N) is 1. The third kappa shape index (κ3) is 1.92. The van der Waals surface area contributed by atoms with Gasteiger partial charge in [-0.25, -0.2) is 4.98 Å². The van der Waals surface area contributed by atoms with Crippen LogP contribution in [0.15, 0.2) is 29.0 Å². The van der Waals surface area contributed by atoms with Crippen LogP contribution in [0.4, 0.5) is 0 Å². The minimum absolute atomic E-state index is 0.0674. The molecule has 2 N–H and O–H groups in total. The van der Waals surface area contributed by atoms with Gasteiger partial charge in [-0.05, 0) is 18.6 Å². The molecule has 0 spiro atoms. The number of rotatable bonds is 2. The lowest BCUT2D eigenvalue weighted by molar-refractivity contribution is 0.0462. The minimum Gasteiger partial charge on any atom is -0.338 e. The SMILES string of the molecule is NCc1nc(-c2ncn3c2C2CCN2C(=O)c2c(Cl)cccc2-3)no1. The molecule has 8 nitrogen and oxygen atoms in total. The Kier molecular flexibility index (Phi) is 3.01. The van der Waals surface area contributed by atoms with Crippen LogP contribution in [-0.2, 0) is 6.54 Å². The first kappa shape index (κ1) is 14.6. The average molecular weight is 357 g/mol. The van der Waals surface area contributed by atoms with Gasteiger partial charge in [0.1, 0.15) is 12.0 Å². The van der Waals surface area contributed by atoms with E-state index in [-0.39, 0.29) is 18.5 Å². The number of fused-ring (bicyclic) bond motifs is 5. The average Bonchev–Trinajstić information content (AvgIpc) is 3.18. The molecule has 4 heterocycles. The molecule has 2 aromatic heterocycles. The van der Waals surface area contributed by atoms with Crippen molar-refractivity contribution in [1.82, 2.24) is 24.6 Å². The summed E-state index contributed by atoms with van der Waals surface area (Å²) in [5.41, 5.74) is 8.21. The summed E-state index contributed by atoms with van der Waals surface area (Å²) in [7, 11) is 0. The number of carbonyl (C=O) groups excluding carboxylic acids is 1. The summed E-state index contributed by atoms with van der Waals surface area (Å²) in [6, 6.07) is 5.32. The zero-order chi connectivity index (χ0) is 17.1. The highest BCUT2D eigenvalue weighted by Gasteiger charge is 2.43. The van der Waals surface area contributed by atoms with E-state index in [4.69, 9.17) is 21.9 Å². The number of imidazole rings is 1. The van der Waals surface area contributed by atoms with Crippen molar-refractivity contribution in [2.45, 2.75) is 19.0 Å². The Balaban J connectivity index is 1.77. The third-order valence-corrected chi connectivity index (χ3v) is 5.04. The van der Waals surface area contributed by atoms with E-state index >= 15 is 0 Å². The van der Waals surface area contributed by atoms with Gasteiger partial charge in [0.2, 0.25) is 11.7 Å². The molecule has 1 unspecified atom stereocenters. The van der Waals surface area contributed by atoms with Crippen molar-refractivity contribution in [3.05, 3.63) is 46.7 Å². The second-order valence-corrected chi connectivity index (χ2v) is 6.41. The van der Waals surface area contributed by atoms with Crippen LogP contribution >= 0.6 is 11.6 Å². The summed E-state index contributed by atoms with van der Waals surface area (Å²) >= 11 is 6.32. The number of benzene rings is 1. The van der Waals surface area contributed by atoms with Gasteiger partial charge in [0, 0.05) is 6.54 Å². The summed E-state index contributed by atoms with van der Waals surface area (Å²) in [4.78, 5) is 23.5. The molecule has 25 heavy (non-hydrogen) atoms. The van der Waals surface area contributed by atoms with Gasteiger partial charge < -0.3 is 15.2 Å². The molecule has 9 heteroatoms. The fourth-order valence-corrected chi connectivity index (χ4v) is 3.71. The molecular formula is C16H13ClN6O2. The van der Waals surface area contributed by atoms with Gasteiger partial charge in [0.25, 0.3) is 5.91 Å². The molecule has 0 saturated carbocycles. The Labute approximate surface area is 147 Å². The molecule has 3 aromatic rings. The van der Waals surface area contributed by atoms with Crippen molar-refractivity contribution in [3.63, 3.8) is 0 Å². The van der Waals surface area contributed by atoms with E-state index in [2.05, 4.69) is 15.1 Å². The second-order valence-electron chi connectivity index (χ2n) is 6.00. The van der Waals surface area contributed by atoms with Crippen LogP contribution in [0.3, 0.4) is 0 Å². The van der Waals surface area contributed by atoms with Gasteiger partial charge in [-0.1, -0.05) is 22.8 Å². The van der Waals surface area contributed by atoms with E-state index in [1.165, 1.54) is 0 Å². The van der Waals surface area contributed by atoms with E-state index in [0.717, 1.165) is 12.1 Å². The quantitative estimate of drug-likeness (QED) is 0.752. The molecule has 2 aliphatic heterocycles. The Morgan fingerprint density at radius 1 is 1.40 bits per heavy atom. The number of nitrogens with zero attached hydrogens (tertiary/aromatic N) is 5. The maximum atomic E-state index is 12.9. The monoisotopic (exact) mass is 356 g/mol. The van der Waals surface area contributed by atoms with Crippen molar-refractivity contribution < 1.29 is 9.32 Å². The summed E-state index contributed by atoms with van der Waals surface area (Å²) in [6.07, 6.45) is 2.52.